The summed E-state index contributed by atoms with van der Waals surface area (Å²) >= 11 is 1.99. The molecule has 0 fully saturated rings. The highest BCUT2D eigenvalue weighted by Gasteiger charge is 2.36. The Labute approximate surface area is 326 Å². The molecular formula is C52H40N2S. The Morgan fingerprint density at radius 2 is 1.25 bits per heavy atom. The average Bonchev–Trinajstić information content (AvgIpc) is 3.83. The Bertz CT molecular complexity index is 3000. The molecule has 0 saturated heterocycles. The van der Waals surface area contributed by atoms with Crippen LogP contribution in [0.3, 0.4) is 0 Å². The molecule has 2 aliphatic rings. The van der Waals surface area contributed by atoms with Gasteiger partial charge in [-0.2, -0.15) is 0 Å². The van der Waals surface area contributed by atoms with E-state index in [0.717, 1.165) is 23.5 Å². The van der Waals surface area contributed by atoms with E-state index < -0.39 is 0 Å². The van der Waals surface area contributed by atoms with Gasteiger partial charge >= 0.3 is 0 Å². The topological polar surface area (TPSA) is 8.17 Å². The van der Waals surface area contributed by atoms with Crippen LogP contribution in [-0.2, 0) is 11.8 Å². The largest absolute Gasteiger partial charge is 0.310 e. The molecule has 2 heterocycles. The van der Waals surface area contributed by atoms with Gasteiger partial charge in [0.15, 0.2) is 0 Å². The molecule has 2 nitrogen and oxygen atoms in total. The van der Waals surface area contributed by atoms with Gasteiger partial charge in [-0.15, -0.1) is 11.3 Å². The summed E-state index contributed by atoms with van der Waals surface area (Å²) in [6, 6.07) is 58.4. The molecule has 3 heteroatoms. The predicted octanol–water partition coefficient (Wildman–Crippen LogP) is 14.6. The molecule has 9 aromatic rings. The highest BCUT2D eigenvalue weighted by Crippen LogP contribution is 2.52. The molecule has 11 rings (SSSR count). The van der Waals surface area contributed by atoms with Gasteiger partial charge in [-0.3, -0.25) is 0 Å². The molecule has 7 aromatic carbocycles. The van der Waals surface area contributed by atoms with Gasteiger partial charge in [-0.1, -0.05) is 124 Å². The maximum absolute atomic E-state index is 2.48. The lowest BCUT2D eigenvalue weighted by Gasteiger charge is -2.28. The summed E-state index contributed by atoms with van der Waals surface area (Å²) in [6.45, 7) is 7.12. The average molecular weight is 725 g/mol. The maximum atomic E-state index is 2.48. The first-order valence-electron chi connectivity index (χ1n) is 19.4. The van der Waals surface area contributed by atoms with Gasteiger partial charge in [0.1, 0.15) is 0 Å². The third-order valence-electron chi connectivity index (χ3n) is 12.1. The van der Waals surface area contributed by atoms with Gasteiger partial charge in [0.05, 0.1) is 11.0 Å². The van der Waals surface area contributed by atoms with Crippen molar-refractivity contribution in [1.29, 1.82) is 0 Å². The minimum absolute atomic E-state index is 0.174. The van der Waals surface area contributed by atoms with Crippen LogP contribution in [0.5, 0.6) is 0 Å². The number of nitrogens with zero attached hydrogens (tertiary/aromatic N) is 2. The van der Waals surface area contributed by atoms with E-state index in [1.54, 1.807) is 0 Å². The van der Waals surface area contributed by atoms with Crippen molar-refractivity contribution in [2.75, 3.05) is 4.90 Å². The highest BCUT2D eigenvalue weighted by atomic mass is 32.1. The van der Waals surface area contributed by atoms with Crippen molar-refractivity contribution in [2.24, 2.45) is 5.92 Å². The Morgan fingerprint density at radius 1 is 0.582 bits per heavy atom. The summed E-state index contributed by atoms with van der Waals surface area (Å²) in [4.78, 5) is 3.94. The number of fused-ring (bicyclic) bond motifs is 9. The van der Waals surface area contributed by atoms with Gasteiger partial charge in [-0.05, 0) is 118 Å². The van der Waals surface area contributed by atoms with Gasteiger partial charge in [0, 0.05) is 53.9 Å². The van der Waals surface area contributed by atoms with Crippen LogP contribution in [0.2, 0.25) is 0 Å². The minimum Gasteiger partial charge on any atom is -0.310 e. The van der Waals surface area contributed by atoms with E-state index in [1.807, 2.05) is 11.3 Å². The summed E-state index contributed by atoms with van der Waals surface area (Å²) in [7, 11) is 0. The molecule has 0 bridgehead atoms. The molecule has 0 N–H and O–H groups in total. The van der Waals surface area contributed by atoms with Crippen LogP contribution in [-0.4, -0.2) is 4.57 Å². The third kappa shape index (κ3) is 4.93. The second-order valence-corrected chi connectivity index (χ2v) is 16.9. The van der Waals surface area contributed by atoms with Crippen molar-refractivity contribution >= 4 is 66.4 Å². The first-order chi connectivity index (χ1) is 26.9. The summed E-state index contributed by atoms with van der Waals surface area (Å²) in [5.41, 5.74) is 16.3. The molecule has 55 heavy (non-hydrogen) atoms. The van der Waals surface area contributed by atoms with E-state index in [-0.39, 0.29) is 5.41 Å². The lowest BCUT2D eigenvalue weighted by Crippen LogP contribution is -2.16. The fourth-order valence-electron chi connectivity index (χ4n) is 9.38. The van der Waals surface area contributed by atoms with Crippen molar-refractivity contribution in [3.05, 3.63) is 185 Å². The Balaban J connectivity index is 1.03. The van der Waals surface area contributed by atoms with Crippen LogP contribution in [0.4, 0.5) is 17.1 Å². The van der Waals surface area contributed by atoms with E-state index in [4.69, 9.17) is 0 Å². The zero-order chi connectivity index (χ0) is 36.8. The smallest absolute Gasteiger partial charge is 0.0542 e. The number of allylic oxidation sites excluding steroid dienone is 1. The minimum atomic E-state index is -0.174. The van der Waals surface area contributed by atoms with Crippen LogP contribution < -0.4 is 4.90 Å². The molecular weight excluding hydrogens is 685 g/mol. The Hall–Kier alpha value is -6.16. The fraction of sp³-hybridized carbons (Fsp3) is 0.115. The Morgan fingerprint density at radius 3 is 2.09 bits per heavy atom. The quantitative estimate of drug-likeness (QED) is 0.172. The maximum Gasteiger partial charge on any atom is 0.0542 e. The van der Waals surface area contributed by atoms with Crippen molar-refractivity contribution in [1.82, 2.24) is 4.57 Å². The summed E-state index contributed by atoms with van der Waals surface area (Å²) < 4.78 is 3.79. The summed E-state index contributed by atoms with van der Waals surface area (Å²) in [6.07, 6.45) is 5.85. The van der Waals surface area contributed by atoms with Crippen LogP contribution in [0.15, 0.2) is 164 Å². The first-order valence-corrected chi connectivity index (χ1v) is 20.2. The zero-order valence-electron chi connectivity index (χ0n) is 31.3. The lowest BCUT2D eigenvalue weighted by atomic mass is 9.81. The highest BCUT2D eigenvalue weighted by molar-refractivity contribution is 7.20. The number of benzene rings is 7. The molecule has 0 aliphatic heterocycles. The normalized spacial score (nSPS) is 15.4. The van der Waals surface area contributed by atoms with Crippen LogP contribution >= 0.6 is 11.3 Å². The van der Waals surface area contributed by atoms with Crippen molar-refractivity contribution in [3.8, 4) is 27.9 Å². The summed E-state index contributed by atoms with van der Waals surface area (Å²) in [5, 5.41) is 3.88. The van der Waals surface area contributed by atoms with Gasteiger partial charge in [0.2, 0.25) is 0 Å². The Kier molecular flexibility index (Phi) is 7.15. The van der Waals surface area contributed by atoms with Crippen molar-refractivity contribution < 1.29 is 0 Å². The lowest BCUT2D eigenvalue weighted by molar-refractivity contribution is 0.660. The molecule has 2 aliphatic carbocycles. The van der Waals surface area contributed by atoms with E-state index in [9.17, 15) is 0 Å². The van der Waals surface area contributed by atoms with Crippen molar-refractivity contribution in [3.63, 3.8) is 0 Å². The predicted molar refractivity (Wildman–Crippen MR) is 236 cm³/mol. The van der Waals surface area contributed by atoms with E-state index >= 15 is 0 Å². The third-order valence-corrected chi connectivity index (χ3v) is 13.4. The number of para-hydroxylation sites is 3. The molecule has 1 atom stereocenters. The molecule has 0 spiro atoms. The number of rotatable bonds is 5. The molecule has 1 unspecified atom stereocenters. The number of anilines is 3. The number of hydrogen-bond acceptors (Lipinski definition) is 2. The molecule has 2 aromatic heterocycles. The van der Waals surface area contributed by atoms with Gasteiger partial charge < -0.3 is 9.47 Å². The number of hydrogen-bond donors (Lipinski definition) is 0. The van der Waals surface area contributed by atoms with E-state index in [1.165, 1.54) is 81.4 Å². The fourth-order valence-corrected chi connectivity index (χ4v) is 10.8. The monoisotopic (exact) mass is 724 g/mol. The van der Waals surface area contributed by atoms with Crippen molar-refractivity contribution in [2.45, 2.75) is 32.6 Å². The SMILES string of the molecule is CC1C=Cc2c(sc3c(-c4ccc5c(c4)C(C)(C)c4cc(N(c6ccccc6)c6ccc7c(c6)c6ccccc6n7-c6ccccc6)ccc4-5)cccc23)C1. The zero-order valence-corrected chi connectivity index (χ0v) is 32.1. The first kappa shape index (κ1) is 32.3. The molecule has 0 saturated carbocycles. The molecule has 0 radical (unpaired) electrons. The molecule has 264 valence electrons. The number of thiophene rings is 1. The van der Waals surface area contributed by atoms with Crippen LogP contribution in [0, 0.1) is 5.92 Å². The van der Waals surface area contributed by atoms with E-state index in [2.05, 4.69) is 200 Å². The van der Waals surface area contributed by atoms with Crippen LogP contribution in [0.1, 0.15) is 42.3 Å². The second kappa shape index (κ2) is 12.2. The van der Waals surface area contributed by atoms with Gasteiger partial charge in [0.25, 0.3) is 0 Å². The van der Waals surface area contributed by atoms with E-state index in [0.29, 0.717) is 5.92 Å². The molecule has 0 amide bonds. The summed E-state index contributed by atoms with van der Waals surface area (Å²) in [5.74, 6) is 0.593. The number of aromatic nitrogens is 1. The standard InChI is InChI=1S/C52H40N2S/c1-33-21-25-43-44-19-12-18-39(51(44)55-50(43)29-33)34-22-26-40-41-27-23-38(32-47(41)52(2,3)46(40)30-34)53(35-13-6-4-7-14-35)37-24-28-49-45(31-37)42-17-10-11-20-48(42)54(49)36-15-8-5-9-16-36/h4-28,30-33H,29H2,1-3H3. The van der Waals surface area contributed by atoms with Gasteiger partial charge in [-0.25, -0.2) is 0 Å². The van der Waals surface area contributed by atoms with Crippen LogP contribution in [0.25, 0.3) is 65.9 Å². The second-order valence-electron chi connectivity index (χ2n) is 15.8.